The van der Waals surface area contributed by atoms with Crippen molar-refractivity contribution in [3.63, 3.8) is 0 Å². The number of hydrogen-bond donors (Lipinski definition) is 1. The summed E-state index contributed by atoms with van der Waals surface area (Å²) < 4.78 is 0. The normalized spacial score (nSPS) is 15.8. The highest BCUT2D eigenvalue weighted by Crippen LogP contribution is 2.28. The first-order chi connectivity index (χ1) is 10.2. The summed E-state index contributed by atoms with van der Waals surface area (Å²) in [4.78, 5) is 10.4. The molecule has 3 rings (SSSR count). The number of benzene rings is 2. The number of carbonyl (C=O) groups is 1. The van der Waals surface area contributed by atoms with Crippen molar-refractivity contribution in [3.8, 4) is 0 Å². The maximum atomic E-state index is 10.4. The minimum absolute atomic E-state index is 0.270. The van der Waals surface area contributed by atoms with Crippen LogP contribution < -0.4 is 5.73 Å². The SMILES string of the molecule is NC1CCc2ccccc21.O=C(Cl)CCc1ccccc1. The van der Waals surface area contributed by atoms with Gasteiger partial charge >= 0.3 is 0 Å². The van der Waals surface area contributed by atoms with Gasteiger partial charge in [0, 0.05) is 12.5 Å². The molecule has 0 radical (unpaired) electrons. The molecule has 2 aromatic carbocycles. The van der Waals surface area contributed by atoms with Gasteiger partial charge in [0.25, 0.3) is 0 Å². The number of aryl methyl sites for hydroxylation is 2. The van der Waals surface area contributed by atoms with E-state index in [0.717, 1.165) is 24.8 Å². The summed E-state index contributed by atoms with van der Waals surface area (Å²) in [5.41, 5.74) is 9.79. The Kier molecular flexibility index (Phi) is 5.97. The summed E-state index contributed by atoms with van der Waals surface area (Å²) in [6, 6.07) is 18.6. The van der Waals surface area contributed by atoms with Crippen LogP contribution in [0.4, 0.5) is 0 Å². The maximum Gasteiger partial charge on any atom is 0.221 e. The molecule has 1 aliphatic carbocycles. The Morgan fingerprint density at radius 2 is 1.76 bits per heavy atom. The van der Waals surface area contributed by atoms with Crippen molar-refractivity contribution < 1.29 is 4.79 Å². The van der Waals surface area contributed by atoms with E-state index in [-0.39, 0.29) is 5.24 Å². The lowest BCUT2D eigenvalue weighted by molar-refractivity contribution is -0.111. The zero-order chi connectivity index (χ0) is 15.1. The largest absolute Gasteiger partial charge is 0.324 e. The molecule has 2 aromatic rings. The smallest absolute Gasteiger partial charge is 0.221 e. The fourth-order valence-electron chi connectivity index (χ4n) is 2.48. The minimum Gasteiger partial charge on any atom is -0.324 e. The molecule has 0 amide bonds. The van der Waals surface area contributed by atoms with Gasteiger partial charge in [-0.25, -0.2) is 0 Å². The third-order valence-corrected chi connectivity index (χ3v) is 3.82. The molecular weight excluding hydrogens is 282 g/mol. The zero-order valence-corrected chi connectivity index (χ0v) is 12.7. The van der Waals surface area contributed by atoms with Gasteiger partial charge in [-0.15, -0.1) is 0 Å². The van der Waals surface area contributed by atoms with Crippen LogP contribution in [0, 0.1) is 0 Å². The minimum atomic E-state index is -0.270. The van der Waals surface area contributed by atoms with Gasteiger partial charge in [-0.1, -0.05) is 54.6 Å². The van der Waals surface area contributed by atoms with E-state index in [1.807, 2.05) is 30.3 Å². The first kappa shape index (κ1) is 15.7. The summed E-state index contributed by atoms with van der Waals surface area (Å²) in [6.07, 6.45) is 3.45. The second kappa shape index (κ2) is 7.96. The van der Waals surface area contributed by atoms with Gasteiger partial charge in [-0.2, -0.15) is 0 Å². The molecule has 2 N–H and O–H groups in total. The Balaban J connectivity index is 0.000000154. The predicted molar refractivity (Wildman–Crippen MR) is 87.3 cm³/mol. The molecule has 0 saturated carbocycles. The second-order valence-electron chi connectivity index (χ2n) is 5.18. The van der Waals surface area contributed by atoms with Crippen LogP contribution in [0.3, 0.4) is 0 Å². The second-order valence-corrected chi connectivity index (χ2v) is 5.61. The van der Waals surface area contributed by atoms with E-state index in [9.17, 15) is 4.79 Å². The number of fused-ring (bicyclic) bond motifs is 1. The molecule has 2 nitrogen and oxygen atoms in total. The summed E-state index contributed by atoms with van der Waals surface area (Å²) >= 11 is 5.19. The van der Waals surface area contributed by atoms with Gasteiger partial charge in [0.15, 0.2) is 0 Å². The number of nitrogens with two attached hydrogens (primary N) is 1. The molecule has 0 saturated heterocycles. The Bertz CT molecular complexity index is 583. The lowest BCUT2D eigenvalue weighted by atomic mass is 10.1. The lowest BCUT2D eigenvalue weighted by Crippen LogP contribution is -2.04. The predicted octanol–water partition coefficient (Wildman–Crippen LogP) is 4.02. The number of hydrogen-bond acceptors (Lipinski definition) is 2. The molecule has 0 aliphatic heterocycles. The molecule has 0 spiro atoms. The van der Waals surface area contributed by atoms with Crippen molar-refractivity contribution in [3.05, 3.63) is 71.3 Å². The van der Waals surface area contributed by atoms with Crippen molar-refractivity contribution in [1.29, 1.82) is 0 Å². The quantitative estimate of drug-likeness (QED) is 0.870. The lowest BCUT2D eigenvalue weighted by Gasteiger charge is -2.01. The Hall–Kier alpha value is -1.64. The molecular formula is C18H20ClNO. The molecule has 0 aromatic heterocycles. The highest BCUT2D eigenvalue weighted by molar-refractivity contribution is 6.63. The summed E-state index contributed by atoms with van der Waals surface area (Å²) in [7, 11) is 0. The molecule has 21 heavy (non-hydrogen) atoms. The van der Waals surface area contributed by atoms with E-state index in [4.69, 9.17) is 17.3 Å². The van der Waals surface area contributed by atoms with Crippen molar-refractivity contribution >= 4 is 16.8 Å². The van der Waals surface area contributed by atoms with Gasteiger partial charge in [0.1, 0.15) is 0 Å². The average molecular weight is 302 g/mol. The van der Waals surface area contributed by atoms with Crippen LogP contribution in [-0.4, -0.2) is 5.24 Å². The third kappa shape index (κ3) is 5.00. The van der Waals surface area contributed by atoms with E-state index in [1.54, 1.807) is 0 Å². The molecule has 1 aliphatic rings. The van der Waals surface area contributed by atoms with Gasteiger partial charge < -0.3 is 5.73 Å². The molecule has 1 atom stereocenters. The summed E-state index contributed by atoms with van der Waals surface area (Å²) in [5, 5.41) is -0.270. The van der Waals surface area contributed by atoms with E-state index < -0.39 is 0 Å². The van der Waals surface area contributed by atoms with Gasteiger partial charge in [0.05, 0.1) is 0 Å². The fraction of sp³-hybridized carbons (Fsp3) is 0.278. The topological polar surface area (TPSA) is 43.1 Å². The summed E-state index contributed by atoms with van der Waals surface area (Å²) in [6.45, 7) is 0. The maximum absolute atomic E-state index is 10.4. The molecule has 0 heterocycles. The highest BCUT2D eigenvalue weighted by atomic mass is 35.5. The van der Waals surface area contributed by atoms with Gasteiger partial charge in [0.2, 0.25) is 5.24 Å². The summed E-state index contributed by atoms with van der Waals surface area (Å²) in [5.74, 6) is 0. The van der Waals surface area contributed by atoms with Crippen LogP contribution in [0.2, 0.25) is 0 Å². The van der Waals surface area contributed by atoms with E-state index in [2.05, 4.69) is 24.3 Å². The van der Waals surface area contributed by atoms with E-state index >= 15 is 0 Å². The van der Waals surface area contributed by atoms with Crippen molar-refractivity contribution in [2.24, 2.45) is 5.73 Å². The zero-order valence-electron chi connectivity index (χ0n) is 12.0. The van der Waals surface area contributed by atoms with Gasteiger partial charge in [-0.05, 0) is 47.6 Å². The monoisotopic (exact) mass is 301 g/mol. The molecule has 110 valence electrons. The van der Waals surface area contributed by atoms with Crippen molar-refractivity contribution in [1.82, 2.24) is 0 Å². The molecule has 0 fully saturated rings. The fourth-order valence-corrected chi connectivity index (χ4v) is 2.57. The van der Waals surface area contributed by atoms with Gasteiger partial charge in [-0.3, -0.25) is 4.79 Å². The van der Waals surface area contributed by atoms with Crippen molar-refractivity contribution in [2.45, 2.75) is 31.7 Å². The van der Waals surface area contributed by atoms with Crippen LogP contribution in [0.25, 0.3) is 0 Å². The molecule has 0 bridgehead atoms. The van der Waals surface area contributed by atoms with Crippen LogP contribution in [0.1, 0.15) is 35.6 Å². The number of rotatable bonds is 3. The van der Waals surface area contributed by atoms with Crippen LogP contribution in [-0.2, 0) is 17.6 Å². The molecule has 1 unspecified atom stereocenters. The standard InChI is InChI=1S/C9H9ClO.C9H11N/c10-9(11)7-6-8-4-2-1-3-5-8;10-9-6-5-7-3-1-2-4-8(7)9/h1-5H,6-7H2;1-4,9H,5-6,10H2. The Labute approximate surface area is 130 Å². The van der Waals surface area contributed by atoms with Crippen LogP contribution in [0.15, 0.2) is 54.6 Å². The molecule has 3 heteroatoms. The Morgan fingerprint density at radius 1 is 1.10 bits per heavy atom. The Morgan fingerprint density at radius 3 is 2.43 bits per heavy atom. The first-order valence-corrected chi connectivity index (χ1v) is 7.60. The van der Waals surface area contributed by atoms with E-state index in [1.165, 1.54) is 11.1 Å². The number of halogens is 1. The third-order valence-electron chi connectivity index (χ3n) is 3.63. The number of carbonyl (C=O) groups excluding carboxylic acids is 1. The first-order valence-electron chi connectivity index (χ1n) is 7.22. The van der Waals surface area contributed by atoms with Crippen LogP contribution in [0.5, 0.6) is 0 Å². The van der Waals surface area contributed by atoms with Crippen molar-refractivity contribution in [2.75, 3.05) is 0 Å². The van der Waals surface area contributed by atoms with Crippen LogP contribution >= 0.6 is 11.6 Å². The average Bonchev–Trinajstić information content (AvgIpc) is 2.89. The highest BCUT2D eigenvalue weighted by Gasteiger charge is 2.16. The van der Waals surface area contributed by atoms with E-state index in [0.29, 0.717) is 12.5 Å².